The van der Waals surface area contributed by atoms with Gasteiger partial charge in [0.05, 0.1) is 0 Å². The van der Waals surface area contributed by atoms with Gasteiger partial charge in [-0.3, -0.25) is 5.01 Å². The Hall–Kier alpha value is -2.13. The fraction of sp³-hybridized carbons (Fsp3) is 0.188. The van der Waals surface area contributed by atoms with E-state index in [9.17, 15) is 0 Å². The predicted molar refractivity (Wildman–Crippen MR) is 77.7 cm³/mol. The number of anilines is 1. The molecule has 1 aromatic heterocycles. The summed E-state index contributed by atoms with van der Waals surface area (Å²) in [5, 5.41) is 2.08. The Balaban J connectivity index is 1.82. The van der Waals surface area contributed by atoms with Gasteiger partial charge >= 0.3 is 0 Å². The average molecular weight is 251 g/mol. The number of rotatable bonds is 3. The van der Waals surface area contributed by atoms with Gasteiger partial charge < -0.3 is 0 Å². The lowest BCUT2D eigenvalue weighted by Gasteiger charge is -2.21. The van der Waals surface area contributed by atoms with E-state index in [2.05, 4.69) is 58.8 Å². The maximum Gasteiger partial charge on any atom is 0.147 e. The largest absolute Gasteiger partial charge is 0.263 e. The molecule has 0 bridgehead atoms. The van der Waals surface area contributed by atoms with Gasteiger partial charge in [0.25, 0.3) is 0 Å². The number of nitrogens with zero attached hydrogens (tertiary/aromatic N) is 2. The molecule has 19 heavy (non-hydrogen) atoms. The van der Waals surface area contributed by atoms with Gasteiger partial charge in [0.15, 0.2) is 0 Å². The maximum atomic E-state index is 4.44. The van der Waals surface area contributed by atoms with E-state index < -0.39 is 0 Å². The zero-order valence-electron chi connectivity index (χ0n) is 11.0. The van der Waals surface area contributed by atoms with Crippen LogP contribution in [0.1, 0.15) is 11.1 Å². The van der Waals surface area contributed by atoms with Gasteiger partial charge in [-0.25, -0.2) is 10.4 Å². The smallest absolute Gasteiger partial charge is 0.147 e. The van der Waals surface area contributed by atoms with Crippen molar-refractivity contribution in [1.82, 2.24) is 10.4 Å². The molecule has 0 fully saturated rings. The minimum atomic E-state index is 0.859. The predicted octanol–water partition coefficient (Wildman–Crippen LogP) is 2.84. The zero-order chi connectivity index (χ0) is 13.1. The van der Waals surface area contributed by atoms with Crippen LogP contribution in [0.25, 0.3) is 0 Å². The van der Waals surface area contributed by atoms with Crippen LogP contribution >= 0.6 is 0 Å². The van der Waals surface area contributed by atoms with Crippen LogP contribution in [0, 0.1) is 6.92 Å². The van der Waals surface area contributed by atoms with E-state index in [1.54, 1.807) is 0 Å². The highest BCUT2D eigenvalue weighted by Crippen LogP contribution is 2.21. The minimum Gasteiger partial charge on any atom is -0.263 e. The topological polar surface area (TPSA) is 28.2 Å². The van der Waals surface area contributed by atoms with Crippen LogP contribution in [-0.2, 0) is 6.42 Å². The van der Waals surface area contributed by atoms with E-state index in [-0.39, 0.29) is 0 Å². The SMILES string of the molecule is Cc1ccnc(N2NCC=C2Cc2ccccc2)c1. The van der Waals surface area contributed by atoms with Gasteiger partial charge in [-0.1, -0.05) is 30.3 Å². The van der Waals surface area contributed by atoms with Crippen molar-refractivity contribution >= 4 is 5.82 Å². The number of hydrazine groups is 1. The van der Waals surface area contributed by atoms with Crippen LogP contribution in [0.3, 0.4) is 0 Å². The van der Waals surface area contributed by atoms with Gasteiger partial charge in [-0.15, -0.1) is 0 Å². The molecule has 0 radical (unpaired) electrons. The summed E-state index contributed by atoms with van der Waals surface area (Å²) in [5.74, 6) is 0.958. The summed E-state index contributed by atoms with van der Waals surface area (Å²) in [6.45, 7) is 2.94. The van der Waals surface area contributed by atoms with Crippen molar-refractivity contribution in [3.05, 3.63) is 71.6 Å². The van der Waals surface area contributed by atoms with Crippen LogP contribution in [0.5, 0.6) is 0 Å². The van der Waals surface area contributed by atoms with E-state index in [0.717, 1.165) is 18.8 Å². The molecule has 96 valence electrons. The fourth-order valence-corrected chi connectivity index (χ4v) is 2.27. The first-order valence-corrected chi connectivity index (χ1v) is 6.52. The second-order valence-corrected chi connectivity index (χ2v) is 4.75. The van der Waals surface area contributed by atoms with Crippen LogP contribution in [-0.4, -0.2) is 11.5 Å². The Kier molecular flexibility index (Phi) is 3.29. The molecule has 1 N–H and O–H groups in total. The van der Waals surface area contributed by atoms with Crippen LogP contribution in [0.2, 0.25) is 0 Å². The molecule has 0 saturated heterocycles. The molecular weight excluding hydrogens is 234 g/mol. The Morgan fingerprint density at radius 3 is 2.84 bits per heavy atom. The second-order valence-electron chi connectivity index (χ2n) is 4.75. The zero-order valence-corrected chi connectivity index (χ0v) is 11.0. The number of allylic oxidation sites excluding steroid dienone is 1. The monoisotopic (exact) mass is 251 g/mol. The number of aromatic nitrogens is 1. The molecule has 0 spiro atoms. The lowest BCUT2D eigenvalue weighted by molar-refractivity contribution is 0.765. The molecule has 0 amide bonds. The first-order valence-electron chi connectivity index (χ1n) is 6.52. The summed E-state index contributed by atoms with van der Waals surface area (Å²) in [7, 11) is 0. The van der Waals surface area contributed by atoms with Gasteiger partial charge in [-0.05, 0) is 36.3 Å². The van der Waals surface area contributed by atoms with Gasteiger partial charge in [0, 0.05) is 24.9 Å². The number of hydrogen-bond acceptors (Lipinski definition) is 3. The highest BCUT2D eigenvalue weighted by molar-refractivity contribution is 5.49. The molecule has 3 heteroatoms. The number of aryl methyl sites for hydroxylation is 1. The average Bonchev–Trinajstić information content (AvgIpc) is 2.88. The third-order valence-electron chi connectivity index (χ3n) is 3.23. The Morgan fingerprint density at radius 1 is 1.21 bits per heavy atom. The van der Waals surface area contributed by atoms with Gasteiger partial charge in [-0.2, -0.15) is 0 Å². The molecule has 1 aliphatic rings. The van der Waals surface area contributed by atoms with Crippen molar-refractivity contribution in [3.8, 4) is 0 Å². The molecular formula is C16H17N3. The lowest BCUT2D eigenvalue weighted by atomic mass is 10.1. The van der Waals surface area contributed by atoms with Crippen LogP contribution < -0.4 is 10.4 Å². The standard InChI is InChI=1S/C16H17N3/c1-13-7-9-17-16(11-13)19-15(8-10-18-19)12-14-5-3-2-4-6-14/h2-9,11,18H,10,12H2,1H3. The maximum absolute atomic E-state index is 4.44. The van der Waals surface area contributed by atoms with E-state index in [1.165, 1.54) is 16.8 Å². The molecule has 0 aliphatic carbocycles. The molecule has 0 atom stereocenters. The van der Waals surface area contributed by atoms with Crippen molar-refractivity contribution in [1.29, 1.82) is 0 Å². The Labute approximate surface area is 113 Å². The summed E-state index contributed by atoms with van der Waals surface area (Å²) in [6, 6.07) is 14.6. The third-order valence-corrected chi connectivity index (χ3v) is 3.23. The number of benzene rings is 1. The van der Waals surface area contributed by atoms with Crippen molar-refractivity contribution in [3.63, 3.8) is 0 Å². The Bertz CT molecular complexity index is 590. The number of hydrogen-bond donors (Lipinski definition) is 1. The molecule has 2 heterocycles. The quantitative estimate of drug-likeness (QED) is 0.909. The summed E-state index contributed by atoms with van der Waals surface area (Å²) < 4.78 is 0. The summed E-state index contributed by atoms with van der Waals surface area (Å²) in [5.41, 5.74) is 7.14. The minimum absolute atomic E-state index is 0.859. The Morgan fingerprint density at radius 2 is 2.05 bits per heavy atom. The van der Waals surface area contributed by atoms with Gasteiger partial charge in [0.2, 0.25) is 0 Å². The normalized spacial score (nSPS) is 14.6. The molecule has 0 unspecified atom stereocenters. The van der Waals surface area contributed by atoms with Crippen LogP contribution in [0.4, 0.5) is 5.82 Å². The van der Waals surface area contributed by atoms with E-state index in [1.807, 2.05) is 18.3 Å². The number of pyridine rings is 1. The molecule has 2 aromatic rings. The van der Waals surface area contributed by atoms with Crippen molar-refractivity contribution < 1.29 is 0 Å². The molecule has 0 saturated carbocycles. The molecule has 1 aromatic carbocycles. The summed E-state index contributed by atoms with van der Waals surface area (Å²) >= 11 is 0. The van der Waals surface area contributed by atoms with E-state index >= 15 is 0 Å². The van der Waals surface area contributed by atoms with Crippen molar-refractivity contribution in [2.24, 2.45) is 0 Å². The highest BCUT2D eigenvalue weighted by Gasteiger charge is 2.17. The van der Waals surface area contributed by atoms with Crippen LogP contribution in [0.15, 0.2) is 60.4 Å². The second kappa shape index (κ2) is 5.24. The molecule has 3 rings (SSSR count). The third kappa shape index (κ3) is 2.66. The number of nitrogens with one attached hydrogen (secondary N) is 1. The van der Waals surface area contributed by atoms with Crippen molar-refractivity contribution in [2.45, 2.75) is 13.3 Å². The van der Waals surface area contributed by atoms with Gasteiger partial charge in [0.1, 0.15) is 5.82 Å². The first kappa shape index (κ1) is 11.9. The van der Waals surface area contributed by atoms with E-state index in [4.69, 9.17) is 0 Å². The van der Waals surface area contributed by atoms with Crippen molar-refractivity contribution in [2.75, 3.05) is 11.6 Å². The first-order chi connectivity index (χ1) is 9.33. The fourth-order valence-electron chi connectivity index (χ4n) is 2.27. The highest BCUT2D eigenvalue weighted by atomic mass is 15.5. The van der Waals surface area contributed by atoms with E-state index in [0.29, 0.717) is 0 Å². The molecule has 3 nitrogen and oxygen atoms in total. The summed E-state index contributed by atoms with van der Waals surface area (Å²) in [6.07, 6.45) is 4.99. The summed E-state index contributed by atoms with van der Waals surface area (Å²) in [4.78, 5) is 4.44. The molecule has 1 aliphatic heterocycles. The lowest BCUT2D eigenvalue weighted by Crippen LogP contribution is -2.33.